The Morgan fingerprint density at radius 2 is 1.61 bits per heavy atom. The molecule has 5 heteroatoms. The molecule has 0 fully saturated rings. The topological polar surface area (TPSA) is 78.6 Å². The molecule has 0 aliphatic rings. The second-order valence-electron chi connectivity index (χ2n) is 6.10. The van der Waals surface area contributed by atoms with E-state index in [1.165, 1.54) is 13.8 Å². The van der Waals surface area contributed by atoms with Crippen LogP contribution in [0.3, 0.4) is 0 Å². The van der Waals surface area contributed by atoms with Gasteiger partial charge in [0.15, 0.2) is 11.5 Å². The first kappa shape index (κ1) is 17.0. The monoisotopic (exact) mass is 315 g/mol. The Kier molecular flexibility index (Phi) is 4.71. The fraction of sp³-hybridized carbons (Fsp3) is 0.333. The van der Waals surface area contributed by atoms with Gasteiger partial charge >= 0.3 is 11.9 Å². The minimum Gasteiger partial charge on any atom is -0.423 e. The van der Waals surface area contributed by atoms with Gasteiger partial charge < -0.3 is 15.2 Å². The summed E-state index contributed by atoms with van der Waals surface area (Å²) >= 11 is 0. The van der Waals surface area contributed by atoms with Crippen LogP contribution >= 0.6 is 0 Å². The number of ether oxygens (including phenoxy) is 2. The quantitative estimate of drug-likeness (QED) is 0.693. The van der Waals surface area contributed by atoms with Gasteiger partial charge in [0.1, 0.15) is 0 Å². The van der Waals surface area contributed by atoms with Gasteiger partial charge in [-0.25, -0.2) is 0 Å². The Bertz CT molecular complexity index is 765. The molecule has 0 amide bonds. The Balaban J connectivity index is 2.71. The van der Waals surface area contributed by atoms with E-state index in [1.807, 2.05) is 32.0 Å². The number of carbonyl (C=O) groups excluding carboxylic acids is 2. The zero-order valence-electron chi connectivity index (χ0n) is 13.8. The van der Waals surface area contributed by atoms with Crippen molar-refractivity contribution in [3.05, 3.63) is 35.9 Å². The van der Waals surface area contributed by atoms with Gasteiger partial charge in [-0.15, -0.1) is 0 Å². The number of esters is 2. The van der Waals surface area contributed by atoms with Gasteiger partial charge in [0.25, 0.3) is 0 Å². The van der Waals surface area contributed by atoms with Crippen LogP contribution in [0.2, 0.25) is 0 Å². The normalized spacial score (nSPS) is 11.3. The average Bonchev–Trinajstić information content (AvgIpc) is 2.46. The summed E-state index contributed by atoms with van der Waals surface area (Å²) < 4.78 is 10.4. The summed E-state index contributed by atoms with van der Waals surface area (Å²) in [5.74, 6) is -0.507. The highest BCUT2D eigenvalue weighted by atomic mass is 16.6. The maximum atomic E-state index is 11.3. The van der Waals surface area contributed by atoms with Crippen LogP contribution in [-0.2, 0) is 15.0 Å². The number of hydrogen-bond acceptors (Lipinski definition) is 5. The van der Waals surface area contributed by atoms with E-state index >= 15 is 0 Å². The second kappa shape index (κ2) is 6.38. The maximum Gasteiger partial charge on any atom is 0.308 e. The lowest BCUT2D eigenvalue weighted by atomic mass is 9.82. The molecule has 0 aliphatic heterocycles. The highest BCUT2D eigenvalue weighted by Gasteiger charge is 2.22. The molecule has 23 heavy (non-hydrogen) atoms. The molecule has 0 unspecified atom stereocenters. The number of benzene rings is 2. The minimum atomic E-state index is -0.478. The van der Waals surface area contributed by atoms with Crippen LogP contribution in [0.5, 0.6) is 11.5 Å². The largest absolute Gasteiger partial charge is 0.423 e. The van der Waals surface area contributed by atoms with E-state index in [1.54, 1.807) is 12.1 Å². The van der Waals surface area contributed by atoms with Crippen molar-refractivity contribution in [1.82, 2.24) is 0 Å². The first-order chi connectivity index (χ1) is 10.7. The first-order valence-corrected chi connectivity index (χ1v) is 7.39. The van der Waals surface area contributed by atoms with Crippen molar-refractivity contribution in [3.63, 3.8) is 0 Å². The summed E-state index contributed by atoms with van der Waals surface area (Å²) in [6.07, 6.45) is 0. The van der Waals surface area contributed by atoms with Gasteiger partial charge in [-0.05, 0) is 28.5 Å². The van der Waals surface area contributed by atoms with Gasteiger partial charge in [0.05, 0.1) is 0 Å². The molecule has 122 valence electrons. The molecule has 5 nitrogen and oxygen atoms in total. The van der Waals surface area contributed by atoms with Crippen LogP contribution in [-0.4, -0.2) is 18.5 Å². The summed E-state index contributed by atoms with van der Waals surface area (Å²) in [4.78, 5) is 22.6. The van der Waals surface area contributed by atoms with E-state index in [0.29, 0.717) is 6.54 Å². The predicted molar refractivity (Wildman–Crippen MR) is 88.6 cm³/mol. The number of carbonyl (C=O) groups is 2. The highest BCUT2D eigenvalue weighted by molar-refractivity contribution is 5.91. The Morgan fingerprint density at radius 3 is 2.13 bits per heavy atom. The fourth-order valence-corrected chi connectivity index (χ4v) is 2.45. The SMILES string of the molecule is CC(=O)Oc1cc2cccc(C(C)(C)CN)c2cc1OC(C)=O. The van der Waals surface area contributed by atoms with Gasteiger partial charge in [0.2, 0.25) is 0 Å². The number of fused-ring (bicyclic) bond motifs is 1. The molecule has 2 aromatic carbocycles. The third kappa shape index (κ3) is 3.68. The van der Waals surface area contributed by atoms with Gasteiger partial charge in [-0.1, -0.05) is 32.0 Å². The zero-order chi connectivity index (χ0) is 17.2. The number of hydrogen-bond donors (Lipinski definition) is 1. The van der Waals surface area contributed by atoms with Crippen molar-refractivity contribution in [2.24, 2.45) is 5.73 Å². The lowest BCUT2D eigenvalue weighted by Gasteiger charge is -2.25. The summed E-state index contributed by atoms with van der Waals surface area (Å²) in [6.45, 7) is 7.17. The van der Waals surface area contributed by atoms with E-state index in [9.17, 15) is 9.59 Å². The lowest BCUT2D eigenvalue weighted by molar-refractivity contribution is -0.134. The first-order valence-electron chi connectivity index (χ1n) is 7.39. The van der Waals surface area contributed by atoms with E-state index in [4.69, 9.17) is 15.2 Å². The molecule has 0 aliphatic carbocycles. The van der Waals surface area contributed by atoms with E-state index in [0.717, 1.165) is 16.3 Å². The predicted octanol–water partition coefficient (Wildman–Crippen LogP) is 2.93. The zero-order valence-corrected chi connectivity index (χ0v) is 13.8. The molecule has 0 saturated carbocycles. The van der Waals surface area contributed by atoms with Crippen LogP contribution in [0.15, 0.2) is 30.3 Å². The van der Waals surface area contributed by atoms with Crippen LogP contribution in [0.25, 0.3) is 10.8 Å². The third-order valence-corrected chi connectivity index (χ3v) is 3.69. The molecular weight excluding hydrogens is 294 g/mol. The molecule has 0 spiro atoms. The van der Waals surface area contributed by atoms with Crippen molar-refractivity contribution >= 4 is 22.7 Å². The Hall–Kier alpha value is -2.40. The van der Waals surface area contributed by atoms with Crippen molar-refractivity contribution < 1.29 is 19.1 Å². The number of nitrogens with two attached hydrogens (primary N) is 1. The molecule has 2 rings (SSSR count). The standard InChI is InChI=1S/C18H21NO4/c1-11(20)22-16-8-13-6-5-7-15(18(3,4)10-19)14(13)9-17(16)23-12(2)21/h5-9H,10,19H2,1-4H3. The lowest BCUT2D eigenvalue weighted by Crippen LogP contribution is -2.28. The molecule has 0 bridgehead atoms. The average molecular weight is 315 g/mol. The van der Waals surface area contributed by atoms with Crippen LogP contribution < -0.4 is 15.2 Å². The van der Waals surface area contributed by atoms with Gasteiger partial charge in [-0.3, -0.25) is 9.59 Å². The fourth-order valence-electron chi connectivity index (χ4n) is 2.45. The molecule has 0 saturated heterocycles. The molecule has 0 heterocycles. The summed E-state index contributed by atoms with van der Waals surface area (Å²) in [5, 5.41) is 1.80. The molecule has 0 aromatic heterocycles. The molecule has 0 radical (unpaired) electrons. The third-order valence-electron chi connectivity index (χ3n) is 3.69. The Labute approximate surface area is 135 Å². The highest BCUT2D eigenvalue weighted by Crippen LogP contribution is 2.37. The number of rotatable bonds is 4. The summed E-state index contributed by atoms with van der Waals surface area (Å²) in [6, 6.07) is 9.26. The van der Waals surface area contributed by atoms with Crippen LogP contribution in [0, 0.1) is 0 Å². The molecular formula is C18H21NO4. The molecule has 2 N–H and O–H groups in total. The molecule has 2 aromatic rings. The van der Waals surface area contributed by atoms with Crippen molar-refractivity contribution in [3.8, 4) is 11.5 Å². The van der Waals surface area contributed by atoms with Crippen molar-refractivity contribution in [2.45, 2.75) is 33.1 Å². The van der Waals surface area contributed by atoms with Crippen molar-refractivity contribution in [2.75, 3.05) is 6.54 Å². The van der Waals surface area contributed by atoms with E-state index in [2.05, 4.69) is 0 Å². The van der Waals surface area contributed by atoms with Crippen molar-refractivity contribution in [1.29, 1.82) is 0 Å². The maximum absolute atomic E-state index is 11.3. The summed E-state index contributed by atoms with van der Waals surface area (Å²) in [7, 11) is 0. The van der Waals surface area contributed by atoms with Gasteiger partial charge in [-0.2, -0.15) is 0 Å². The minimum absolute atomic E-state index is 0.223. The van der Waals surface area contributed by atoms with Gasteiger partial charge in [0, 0.05) is 25.8 Å². The Morgan fingerprint density at radius 1 is 1.04 bits per heavy atom. The molecule has 0 atom stereocenters. The van der Waals surface area contributed by atoms with Crippen LogP contribution in [0.1, 0.15) is 33.3 Å². The van der Waals surface area contributed by atoms with E-state index in [-0.39, 0.29) is 16.9 Å². The smallest absolute Gasteiger partial charge is 0.308 e. The summed E-state index contributed by atoms with van der Waals surface area (Å²) in [5.41, 5.74) is 6.69. The van der Waals surface area contributed by atoms with E-state index < -0.39 is 11.9 Å². The van der Waals surface area contributed by atoms with Crippen LogP contribution in [0.4, 0.5) is 0 Å². The second-order valence-corrected chi connectivity index (χ2v) is 6.10.